The average molecular weight is 285 g/mol. The highest BCUT2D eigenvalue weighted by Crippen LogP contribution is 2.36. The lowest BCUT2D eigenvalue weighted by atomic mass is 9.99. The summed E-state index contributed by atoms with van der Waals surface area (Å²) in [5.41, 5.74) is 5.35. The first-order valence-corrected chi connectivity index (χ1v) is 7.23. The van der Waals surface area contributed by atoms with Crippen LogP contribution in [0.5, 0.6) is 5.75 Å². The van der Waals surface area contributed by atoms with E-state index in [1.165, 1.54) is 5.56 Å². The molecular formula is C17H23N3O. The molecule has 4 nitrogen and oxygen atoms in total. The molecule has 112 valence electrons. The standard InChI is InChI=1S/C17H23N3O/c1-7-18-17-12(4)15(19-13(5)20-17)14-9-8-10(2)11(3)16(14)21-6/h8-9H,7H2,1-6H3,(H,18,19,20). The van der Waals surface area contributed by atoms with Crippen LogP contribution in [0.2, 0.25) is 0 Å². The number of aromatic nitrogens is 2. The number of methoxy groups -OCH3 is 1. The van der Waals surface area contributed by atoms with Crippen molar-refractivity contribution in [1.29, 1.82) is 0 Å². The van der Waals surface area contributed by atoms with Crippen molar-refractivity contribution in [2.75, 3.05) is 19.0 Å². The van der Waals surface area contributed by atoms with Gasteiger partial charge in [-0.25, -0.2) is 9.97 Å². The van der Waals surface area contributed by atoms with Gasteiger partial charge in [-0.2, -0.15) is 0 Å². The van der Waals surface area contributed by atoms with E-state index in [4.69, 9.17) is 4.74 Å². The Morgan fingerprint density at radius 2 is 1.76 bits per heavy atom. The zero-order chi connectivity index (χ0) is 15.6. The van der Waals surface area contributed by atoms with E-state index in [2.05, 4.69) is 48.2 Å². The summed E-state index contributed by atoms with van der Waals surface area (Å²) in [5.74, 6) is 2.53. The Morgan fingerprint density at radius 1 is 1.05 bits per heavy atom. The van der Waals surface area contributed by atoms with E-state index in [9.17, 15) is 0 Å². The predicted octanol–water partition coefficient (Wildman–Crippen LogP) is 3.82. The second kappa shape index (κ2) is 6.12. The van der Waals surface area contributed by atoms with Crippen LogP contribution in [0.25, 0.3) is 11.3 Å². The van der Waals surface area contributed by atoms with E-state index in [0.29, 0.717) is 0 Å². The van der Waals surface area contributed by atoms with Gasteiger partial charge in [-0.15, -0.1) is 0 Å². The molecule has 21 heavy (non-hydrogen) atoms. The summed E-state index contributed by atoms with van der Waals surface area (Å²) in [6, 6.07) is 4.18. The molecule has 0 aliphatic rings. The second-order valence-corrected chi connectivity index (χ2v) is 5.21. The van der Waals surface area contributed by atoms with Gasteiger partial charge in [0.15, 0.2) is 0 Å². The number of hydrogen-bond acceptors (Lipinski definition) is 4. The predicted molar refractivity (Wildman–Crippen MR) is 87.1 cm³/mol. The van der Waals surface area contributed by atoms with Gasteiger partial charge in [-0.05, 0) is 51.8 Å². The average Bonchev–Trinajstić information content (AvgIpc) is 2.45. The fourth-order valence-corrected chi connectivity index (χ4v) is 2.47. The normalized spacial score (nSPS) is 10.6. The fraction of sp³-hybridized carbons (Fsp3) is 0.412. The van der Waals surface area contributed by atoms with Gasteiger partial charge in [0, 0.05) is 17.7 Å². The van der Waals surface area contributed by atoms with E-state index in [1.54, 1.807) is 7.11 Å². The molecular weight excluding hydrogens is 262 g/mol. The molecule has 1 aromatic heterocycles. The molecule has 0 unspecified atom stereocenters. The van der Waals surface area contributed by atoms with Crippen LogP contribution in [0.4, 0.5) is 5.82 Å². The molecule has 2 aromatic rings. The minimum Gasteiger partial charge on any atom is -0.496 e. The molecule has 0 radical (unpaired) electrons. The number of ether oxygens (including phenoxy) is 1. The monoisotopic (exact) mass is 285 g/mol. The zero-order valence-corrected chi connectivity index (χ0v) is 13.7. The Kier molecular flexibility index (Phi) is 4.46. The van der Waals surface area contributed by atoms with Crippen molar-refractivity contribution in [2.24, 2.45) is 0 Å². The largest absolute Gasteiger partial charge is 0.496 e. The van der Waals surface area contributed by atoms with Crippen LogP contribution in [0.1, 0.15) is 29.4 Å². The molecule has 0 atom stereocenters. The van der Waals surface area contributed by atoms with Crippen molar-refractivity contribution in [2.45, 2.75) is 34.6 Å². The molecule has 0 saturated heterocycles. The third-order valence-corrected chi connectivity index (χ3v) is 3.74. The highest BCUT2D eigenvalue weighted by molar-refractivity contribution is 5.75. The fourth-order valence-electron chi connectivity index (χ4n) is 2.47. The Morgan fingerprint density at radius 3 is 2.38 bits per heavy atom. The quantitative estimate of drug-likeness (QED) is 0.927. The molecule has 4 heteroatoms. The van der Waals surface area contributed by atoms with Gasteiger partial charge in [-0.1, -0.05) is 6.07 Å². The van der Waals surface area contributed by atoms with E-state index in [-0.39, 0.29) is 0 Å². The minimum absolute atomic E-state index is 0.756. The van der Waals surface area contributed by atoms with Crippen LogP contribution in [-0.2, 0) is 0 Å². The number of hydrogen-bond donors (Lipinski definition) is 1. The first-order chi connectivity index (χ1) is 9.99. The van der Waals surface area contributed by atoms with E-state index in [1.807, 2.05) is 13.8 Å². The third kappa shape index (κ3) is 2.84. The van der Waals surface area contributed by atoms with Crippen LogP contribution in [0.3, 0.4) is 0 Å². The van der Waals surface area contributed by atoms with Crippen molar-refractivity contribution in [3.05, 3.63) is 34.6 Å². The highest BCUT2D eigenvalue weighted by atomic mass is 16.5. The van der Waals surface area contributed by atoms with Crippen molar-refractivity contribution in [3.8, 4) is 17.0 Å². The summed E-state index contributed by atoms with van der Waals surface area (Å²) >= 11 is 0. The molecule has 1 heterocycles. The molecule has 2 rings (SSSR count). The van der Waals surface area contributed by atoms with Gasteiger partial charge in [0.1, 0.15) is 17.4 Å². The van der Waals surface area contributed by atoms with E-state index in [0.717, 1.165) is 46.3 Å². The van der Waals surface area contributed by atoms with Crippen molar-refractivity contribution >= 4 is 5.82 Å². The summed E-state index contributed by atoms with van der Waals surface area (Å²) in [6.07, 6.45) is 0. The van der Waals surface area contributed by atoms with Crippen LogP contribution >= 0.6 is 0 Å². The Labute approximate surface area is 126 Å². The van der Waals surface area contributed by atoms with Gasteiger partial charge >= 0.3 is 0 Å². The zero-order valence-electron chi connectivity index (χ0n) is 13.7. The topological polar surface area (TPSA) is 47.0 Å². The van der Waals surface area contributed by atoms with Crippen molar-refractivity contribution in [1.82, 2.24) is 9.97 Å². The number of nitrogens with zero attached hydrogens (tertiary/aromatic N) is 2. The highest BCUT2D eigenvalue weighted by Gasteiger charge is 2.16. The third-order valence-electron chi connectivity index (χ3n) is 3.74. The number of rotatable bonds is 4. The molecule has 0 aliphatic heterocycles. The lowest BCUT2D eigenvalue weighted by Crippen LogP contribution is -2.07. The summed E-state index contributed by atoms with van der Waals surface area (Å²) < 4.78 is 5.63. The van der Waals surface area contributed by atoms with E-state index >= 15 is 0 Å². The van der Waals surface area contributed by atoms with Gasteiger partial charge in [0.2, 0.25) is 0 Å². The number of anilines is 1. The molecule has 0 bridgehead atoms. The smallest absolute Gasteiger partial charge is 0.133 e. The number of nitrogens with one attached hydrogen (secondary N) is 1. The van der Waals surface area contributed by atoms with Crippen molar-refractivity contribution in [3.63, 3.8) is 0 Å². The first kappa shape index (κ1) is 15.3. The van der Waals surface area contributed by atoms with Crippen LogP contribution in [-0.4, -0.2) is 23.6 Å². The maximum Gasteiger partial charge on any atom is 0.133 e. The van der Waals surface area contributed by atoms with Gasteiger partial charge in [-0.3, -0.25) is 0 Å². The SMILES string of the molecule is CCNc1nc(C)nc(-c2ccc(C)c(C)c2OC)c1C. The summed E-state index contributed by atoms with van der Waals surface area (Å²) in [5, 5.41) is 3.30. The Hall–Kier alpha value is -2.10. The molecule has 1 N–H and O–H groups in total. The Bertz CT molecular complexity index is 666. The summed E-state index contributed by atoms with van der Waals surface area (Å²) in [4.78, 5) is 9.12. The molecule has 1 aromatic carbocycles. The summed E-state index contributed by atoms with van der Waals surface area (Å²) in [7, 11) is 1.71. The number of benzene rings is 1. The molecule has 0 fully saturated rings. The Balaban J connectivity index is 2.70. The lowest BCUT2D eigenvalue weighted by Gasteiger charge is -2.16. The lowest BCUT2D eigenvalue weighted by molar-refractivity contribution is 0.413. The van der Waals surface area contributed by atoms with Crippen LogP contribution < -0.4 is 10.1 Å². The maximum atomic E-state index is 5.63. The van der Waals surface area contributed by atoms with Gasteiger partial charge in [0.25, 0.3) is 0 Å². The van der Waals surface area contributed by atoms with Crippen LogP contribution in [0, 0.1) is 27.7 Å². The maximum absolute atomic E-state index is 5.63. The van der Waals surface area contributed by atoms with E-state index < -0.39 is 0 Å². The van der Waals surface area contributed by atoms with Gasteiger partial charge in [0.05, 0.1) is 12.8 Å². The first-order valence-electron chi connectivity index (χ1n) is 7.23. The molecule has 0 spiro atoms. The number of aryl methyl sites for hydroxylation is 2. The van der Waals surface area contributed by atoms with Gasteiger partial charge < -0.3 is 10.1 Å². The minimum atomic E-state index is 0.756. The molecule has 0 aliphatic carbocycles. The summed E-state index contributed by atoms with van der Waals surface area (Å²) in [6.45, 7) is 11.0. The van der Waals surface area contributed by atoms with Crippen molar-refractivity contribution < 1.29 is 4.74 Å². The molecule has 0 saturated carbocycles. The van der Waals surface area contributed by atoms with Crippen LogP contribution in [0.15, 0.2) is 12.1 Å². The molecule has 0 amide bonds. The second-order valence-electron chi connectivity index (χ2n) is 5.21.